The van der Waals surface area contributed by atoms with E-state index >= 15 is 0 Å². The lowest BCUT2D eigenvalue weighted by atomic mass is 10.2. The highest BCUT2D eigenvalue weighted by Crippen LogP contribution is 2.32. The lowest BCUT2D eigenvalue weighted by Gasteiger charge is -2.16. The third kappa shape index (κ3) is 4.99. The molecule has 0 fully saturated rings. The summed E-state index contributed by atoms with van der Waals surface area (Å²) in [6, 6.07) is 10.5. The molecule has 0 radical (unpaired) electrons. The Balaban J connectivity index is 1.61. The van der Waals surface area contributed by atoms with Crippen molar-refractivity contribution in [2.24, 2.45) is 0 Å². The van der Waals surface area contributed by atoms with E-state index in [9.17, 15) is 22.8 Å². The zero-order valence-electron chi connectivity index (χ0n) is 16.2. The number of ether oxygens (including phenoxy) is 1. The highest BCUT2D eigenvalue weighted by molar-refractivity contribution is 8.00. The van der Waals surface area contributed by atoms with Crippen molar-refractivity contribution in [2.45, 2.75) is 9.79 Å². The number of amides is 2. The smallest absolute Gasteiger partial charge is 0.338 e. The molecule has 0 aliphatic carbocycles. The van der Waals surface area contributed by atoms with E-state index in [0.717, 1.165) is 9.20 Å². The Morgan fingerprint density at radius 1 is 1.20 bits per heavy atom. The lowest BCUT2D eigenvalue weighted by Crippen LogP contribution is -2.23. The number of nitrogens with zero attached hydrogens (tertiary/aromatic N) is 1. The van der Waals surface area contributed by atoms with Gasteiger partial charge in [-0.05, 0) is 36.4 Å². The maximum absolute atomic E-state index is 12.2. The number of hydrogen-bond acceptors (Lipinski definition) is 7. The summed E-state index contributed by atoms with van der Waals surface area (Å²) in [5, 5.41) is 5.18. The quantitative estimate of drug-likeness (QED) is 0.645. The molecule has 9 nitrogen and oxygen atoms in total. The minimum absolute atomic E-state index is 0.0243. The molecule has 0 aromatic heterocycles. The van der Waals surface area contributed by atoms with Gasteiger partial charge in [0.1, 0.15) is 0 Å². The van der Waals surface area contributed by atoms with Crippen LogP contribution in [0.5, 0.6) is 0 Å². The first-order valence-electron chi connectivity index (χ1n) is 8.73. The molecule has 2 N–H and O–H groups in total. The van der Waals surface area contributed by atoms with Crippen molar-refractivity contribution >= 4 is 50.9 Å². The second-order valence-electron chi connectivity index (χ2n) is 6.49. The van der Waals surface area contributed by atoms with Gasteiger partial charge in [-0.3, -0.25) is 9.59 Å². The van der Waals surface area contributed by atoms with Crippen molar-refractivity contribution in [1.82, 2.24) is 4.31 Å². The molecule has 0 unspecified atom stereocenters. The van der Waals surface area contributed by atoms with Gasteiger partial charge in [0.25, 0.3) is 5.91 Å². The summed E-state index contributed by atoms with van der Waals surface area (Å²) in [6.45, 7) is -0.554. The highest BCUT2D eigenvalue weighted by atomic mass is 32.2. The molecule has 2 aromatic rings. The minimum atomic E-state index is -3.64. The van der Waals surface area contributed by atoms with Crippen LogP contribution in [0.25, 0.3) is 0 Å². The van der Waals surface area contributed by atoms with E-state index in [4.69, 9.17) is 4.74 Å². The van der Waals surface area contributed by atoms with Crippen LogP contribution >= 0.6 is 11.8 Å². The molecular formula is C19H19N3O6S2. The van der Waals surface area contributed by atoms with Gasteiger partial charge >= 0.3 is 5.97 Å². The molecule has 1 aliphatic rings. The average Bonchev–Trinajstić information content (AvgIpc) is 2.71. The predicted molar refractivity (Wildman–Crippen MR) is 112 cm³/mol. The van der Waals surface area contributed by atoms with Crippen LogP contribution in [0.4, 0.5) is 11.4 Å². The van der Waals surface area contributed by atoms with E-state index in [0.29, 0.717) is 11.4 Å². The highest BCUT2D eigenvalue weighted by Gasteiger charge is 2.19. The molecule has 0 saturated carbocycles. The molecule has 0 saturated heterocycles. The van der Waals surface area contributed by atoms with Crippen LogP contribution in [0.15, 0.2) is 52.3 Å². The maximum Gasteiger partial charge on any atom is 0.338 e. The van der Waals surface area contributed by atoms with E-state index in [1.807, 2.05) is 0 Å². The zero-order valence-corrected chi connectivity index (χ0v) is 17.8. The average molecular weight is 450 g/mol. The standard InChI is InChI=1S/C19H19N3O6S2/c1-22(2)30(26,27)14-5-3-4-13(9-14)20-17(23)10-28-19(25)12-6-7-16-15(8-12)21-18(24)11-29-16/h3-9H,10-11H2,1-2H3,(H,20,23)(H,21,24). The first-order chi connectivity index (χ1) is 14.2. The number of carbonyl (C=O) groups is 3. The Morgan fingerprint density at radius 3 is 2.70 bits per heavy atom. The number of rotatable bonds is 6. The molecule has 11 heteroatoms. The van der Waals surface area contributed by atoms with Crippen LogP contribution in [-0.2, 0) is 24.3 Å². The van der Waals surface area contributed by atoms with Gasteiger partial charge in [0.05, 0.1) is 21.9 Å². The Morgan fingerprint density at radius 2 is 1.97 bits per heavy atom. The van der Waals surface area contributed by atoms with Crippen molar-refractivity contribution in [3.05, 3.63) is 48.0 Å². The van der Waals surface area contributed by atoms with Crippen molar-refractivity contribution in [2.75, 3.05) is 37.1 Å². The zero-order chi connectivity index (χ0) is 21.9. The SMILES string of the molecule is CN(C)S(=O)(=O)c1cccc(NC(=O)COC(=O)c2ccc3c(c2)NC(=O)CS3)c1. The third-order valence-electron chi connectivity index (χ3n) is 4.08. The molecule has 2 aromatic carbocycles. The lowest BCUT2D eigenvalue weighted by molar-refractivity contribution is -0.119. The summed E-state index contributed by atoms with van der Waals surface area (Å²) in [5.74, 6) is -1.18. The molecular weight excluding hydrogens is 430 g/mol. The molecule has 30 heavy (non-hydrogen) atoms. The fourth-order valence-corrected chi connectivity index (χ4v) is 4.30. The van der Waals surface area contributed by atoms with Crippen molar-refractivity contribution < 1.29 is 27.5 Å². The molecule has 0 bridgehead atoms. The van der Waals surface area contributed by atoms with Gasteiger partial charge in [0.2, 0.25) is 15.9 Å². The normalized spacial score (nSPS) is 13.4. The van der Waals surface area contributed by atoms with Gasteiger partial charge in [-0.15, -0.1) is 11.8 Å². The summed E-state index contributed by atoms with van der Waals surface area (Å²) in [4.78, 5) is 36.7. The van der Waals surface area contributed by atoms with Crippen molar-refractivity contribution in [1.29, 1.82) is 0 Å². The van der Waals surface area contributed by atoms with E-state index in [-0.39, 0.29) is 22.1 Å². The van der Waals surface area contributed by atoms with E-state index < -0.39 is 28.5 Å². The molecule has 0 atom stereocenters. The summed E-state index contributed by atoms with van der Waals surface area (Å²) in [6.07, 6.45) is 0. The first-order valence-corrected chi connectivity index (χ1v) is 11.2. The number of esters is 1. The Kier molecular flexibility index (Phi) is 6.44. The Bertz CT molecular complexity index is 1120. The number of benzene rings is 2. The fraction of sp³-hybridized carbons (Fsp3) is 0.211. The molecule has 2 amide bonds. The topological polar surface area (TPSA) is 122 Å². The number of carbonyl (C=O) groups excluding carboxylic acids is 3. The monoisotopic (exact) mass is 449 g/mol. The van der Waals surface area contributed by atoms with Crippen LogP contribution in [0.3, 0.4) is 0 Å². The first kappa shape index (κ1) is 21.8. The van der Waals surface area contributed by atoms with E-state index in [1.54, 1.807) is 12.1 Å². The summed E-state index contributed by atoms with van der Waals surface area (Å²) < 4.78 is 30.4. The van der Waals surface area contributed by atoms with Gasteiger partial charge in [0, 0.05) is 24.7 Å². The number of fused-ring (bicyclic) bond motifs is 1. The number of anilines is 2. The van der Waals surface area contributed by atoms with Gasteiger partial charge in [-0.2, -0.15) is 0 Å². The van der Waals surface area contributed by atoms with Crippen LogP contribution in [0, 0.1) is 0 Å². The largest absolute Gasteiger partial charge is 0.452 e. The van der Waals surface area contributed by atoms with Gasteiger partial charge in [0.15, 0.2) is 6.61 Å². The van der Waals surface area contributed by atoms with Gasteiger partial charge in [-0.25, -0.2) is 17.5 Å². The van der Waals surface area contributed by atoms with E-state index in [2.05, 4.69) is 10.6 Å². The molecule has 1 heterocycles. The van der Waals surface area contributed by atoms with E-state index in [1.165, 1.54) is 56.2 Å². The predicted octanol–water partition coefficient (Wildman–Crippen LogP) is 1.78. The van der Waals surface area contributed by atoms with Gasteiger partial charge < -0.3 is 15.4 Å². The van der Waals surface area contributed by atoms with Gasteiger partial charge in [-0.1, -0.05) is 6.07 Å². The maximum atomic E-state index is 12.2. The Labute approximate surface area is 177 Å². The third-order valence-corrected chi connectivity index (χ3v) is 6.96. The molecule has 3 rings (SSSR count). The Hall–Kier alpha value is -2.89. The van der Waals surface area contributed by atoms with Crippen LogP contribution in [0.1, 0.15) is 10.4 Å². The molecule has 1 aliphatic heterocycles. The summed E-state index contributed by atoms with van der Waals surface area (Å²) in [5.41, 5.74) is 0.977. The summed E-state index contributed by atoms with van der Waals surface area (Å²) >= 11 is 1.37. The number of nitrogens with one attached hydrogen (secondary N) is 2. The molecule has 0 spiro atoms. The molecule has 158 valence electrons. The fourth-order valence-electron chi connectivity index (χ4n) is 2.57. The van der Waals surface area contributed by atoms with Crippen molar-refractivity contribution in [3.8, 4) is 0 Å². The number of hydrogen-bond donors (Lipinski definition) is 2. The second-order valence-corrected chi connectivity index (χ2v) is 9.66. The van der Waals surface area contributed by atoms with Crippen LogP contribution in [0.2, 0.25) is 0 Å². The minimum Gasteiger partial charge on any atom is -0.452 e. The van der Waals surface area contributed by atoms with Crippen LogP contribution < -0.4 is 10.6 Å². The second kappa shape index (κ2) is 8.86. The van der Waals surface area contributed by atoms with Crippen molar-refractivity contribution in [3.63, 3.8) is 0 Å². The van der Waals surface area contributed by atoms with Crippen LogP contribution in [-0.4, -0.2) is 57.0 Å². The number of thioether (sulfide) groups is 1. The summed E-state index contributed by atoms with van der Waals surface area (Å²) in [7, 11) is -0.828. The number of sulfonamides is 1.